The molecule has 3 fully saturated rings. The van der Waals surface area contributed by atoms with Crippen molar-refractivity contribution >= 4 is 90.7 Å². The highest BCUT2D eigenvalue weighted by Gasteiger charge is 2.68. The molecule has 1 N–H and O–H groups in total. The molecule has 5 aromatic rings. The number of carbonyl (C=O) groups excluding carboxylic acids is 4. The van der Waals surface area contributed by atoms with Crippen molar-refractivity contribution in [2.24, 2.45) is 36.1 Å². The van der Waals surface area contributed by atoms with Gasteiger partial charge in [0.1, 0.15) is 17.3 Å². The van der Waals surface area contributed by atoms with E-state index in [0.717, 1.165) is 29.7 Å². The minimum absolute atomic E-state index is 0.0531. The van der Waals surface area contributed by atoms with Crippen LogP contribution >= 0.6 is 45.5 Å². The van der Waals surface area contributed by atoms with Crippen LogP contribution in [-0.4, -0.2) is 38.5 Å². The summed E-state index contributed by atoms with van der Waals surface area (Å²) < 4.78 is 3.61. The molecule has 12 heteroatoms. The number of phenols is 1. The van der Waals surface area contributed by atoms with Crippen molar-refractivity contribution in [3.63, 3.8) is 0 Å². The summed E-state index contributed by atoms with van der Waals surface area (Å²) in [5.41, 5.74) is 2.86. The molecule has 4 aliphatic rings. The SMILES string of the molecule is Cc1cccc(C2C3=CCC4C(=O)N(c5ccc(I)cc5)C(=O)C4C3CC3C(=O)N(c4cc(-c5sc6ccc(Cl)cc6c5C)nn4C)C(=O)C32C)c1O. The Bertz CT molecular complexity index is 2490. The lowest BCUT2D eigenvalue weighted by Gasteiger charge is -2.49. The van der Waals surface area contributed by atoms with Crippen molar-refractivity contribution in [2.45, 2.75) is 39.5 Å². The average Bonchev–Trinajstić information content (AvgIpc) is 3.80. The predicted octanol–water partition coefficient (Wildman–Crippen LogP) is 8.32. The molecule has 53 heavy (non-hydrogen) atoms. The second-order valence-electron chi connectivity index (χ2n) is 14.9. The minimum Gasteiger partial charge on any atom is -0.507 e. The van der Waals surface area contributed by atoms with Crippen molar-refractivity contribution in [3.05, 3.63) is 104 Å². The van der Waals surface area contributed by atoms with Crippen molar-refractivity contribution in [1.29, 1.82) is 0 Å². The lowest BCUT2D eigenvalue weighted by Crippen LogP contribution is -2.49. The molecule has 4 heterocycles. The van der Waals surface area contributed by atoms with Crippen LogP contribution in [0.4, 0.5) is 11.5 Å². The second kappa shape index (κ2) is 12.1. The number of benzene rings is 3. The number of hydrogen-bond acceptors (Lipinski definition) is 7. The molecule has 0 spiro atoms. The molecule has 1 saturated carbocycles. The minimum atomic E-state index is -1.30. The van der Waals surface area contributed by atoms with Crippen LogP contribution in [0.5, 0.6) is 5.75 Å². The fourth-order valence-electron chi connectivity index (χ4n) is 9.55. The summed E-state index contributed by atoms with van der Waals surface area (Å²) >= 11 is 10.1. The quantitative estimate of drug-likeness (QED) is 0.111. The molecular weight excluding hydrogens is 823 g/mol. The highest BCUT2D eigenvalue weighted by Crippen LogP contribution is 2.64. The van der Waals surface area contributed by atoms with E-state index >= 15 is 4.79 Å². The van der Waals surface area contributed by atoms with Crippen LogP contribution in [0.2, 0.25) is 5.02 Å². The van der Waals surface area contributed by atoms with Crippen LogP contribution in [-0.2, 0) is 26.2 Å². The largest absolute Gasteiger partial charge is 0.507 e. The lowest BCUT2D eigenvalue weighted by molar-refractivity contribution is -0.131. The van der Waals surface area contributed by atoms with Crippen LogP contribution in [0.3, 0.4) is 0 Å². The molecule has 2 saturated heterocycles. The summed E-state index contributed by atoms with van der Waals surface area (Å²) in [5, 5.41) is 18.1. The van der Waals surface area contributed by atoms with Gasteiger partial charge < -0.3 is 5.11 Å². The van der Waals surface area contributed by atoms with Crippen LogP contribution in [0.15, 0.2) is 78.4 Å². The van der Waals surface area contributed by atoms with Gasteiger partial charge in [-0.1, -0.05) is 41.4 Å². The molecule has 3 aromatic carbocycles. The molecule has 2 aliphatic carbocycles. The first-order valence-electron chi connectivity index (χ1n) is 17.5. The summed E-state index contributed by atoms with van der Waals surface area (Å²) in [4.78, 5) is 61.8. The number of nitrogens with zero attached hydrogens (tertiary/aromatic N) is 4. The van der Waals surface area contributed by atoms with E-state index in [9.17, 15) is 19.5 Å². The van der Waals surface area contributed by atoms with Crippen LogP contribution < -0.4 is 9.80 Å². The van der Waals surface area contributed by atoms with Crippen molar-refractivity contribution in [3.8, 4) is 16.3 Å². The first-order valence-corrected chi connectivity index (χ1v) is 19.8. The molecule has 0 bridgehead atoms. The maximum atomic E-state index is 15.1. The highest BCUT2D eigenvalue weighted by molar-refractivity contribution is 14.1. The van der Waals surface area contributed by atoms with Gasteiger partial charge in [0.05, 0.1) is 33.7 Å². The van der Waals surface area contributed by atoms with Gasteiger partial charge >= 0.3 is 0 Å². The lowest BCUT2D eigenvalue weighted by atomic mass is 9.51. The van der Waals surface area contributed by atoms with E-state index in [0.29, 0.717) is 39.8 Å². The summed E-state index contributed by atoms with van der Waals surface area (Å²) in [6, 6.07) is 20.3. The third kappa shape index (κ3) is 4.82. The Hall–Kier alpha value is -4.33. The topological polar surface area (TPSA) is 113 Å². The van der Waals surface area contributed by atoms with Gasteiger partial charge in [0.25, 0.3) is 0 Å². The Morgan fingerprint density at radius 2 is 1.70 bits per heavy atom. The number of fused-ring (bicyclic) bond motifs is 5. The van der Waals surface area contributed by atoms with Gasteiger partial charge in [0.15, 0.2) is 0 Å². The van der Waals surface area contributed by atoms with Crippen molar-refractivity contribution < 1.29 is 24.3 Å². The number of amides is 4. The van der Waals surface area contributed by atoms with Crippen LogP contribution in [0.25, 0.3) is 20.7 Å². The number of aromatic nitrogens is 2. The number of carbonyl (C=O) groups is 4. The molecular formula is C41H34ClIN4O5S. The molecule has 6 atom stereocenters. The summed E-state index contributed by atoms with van der Waals surface area (Å²) in [6.07, 6.45) is 2.54. The predicted molar refractivity (Wildman–Crippen MR) is 213 cm³/mol. The van der Waals surface area contributed by atoms with Gasteiger partial charge in [0.2, 0.25) is 23.6 Å². The number of rotatable bonds is 4. The normalized spacial score (nSPS) is 26.7. The summed E-state index contributed by atoms with van der Waals surface area (Å²) in [7, 11) is 1.72. The zero-order chi connectivity index (χ0) is 37.2. The van der Waals surface area contributed by atoms with E-state index in [-0.39, 0.29) is 35.8 Å². The monoisotopic (exact) mass is 856 g/mol. The number of allylic oxidation sites excluding steroid dienone is 2. The Balaban J connectivity index is 1.16. The molecule has 6 unspecified atom stereocenters. The number of imide groups is 2. The van der Waals surface area contributed by atoms with Gasteiger partial charge in [-0.25, -0.2) is 4.90 Å². The summed E-state index contributed by atoms with van der Waals surface area (Å²) in [6.45, 7) is 5.64. The number of para-hydroxylation sites is 1. The molecule has 0 radical (unpaired) electrons. The molecule has 9 nitrogen and oxygen atoms in total. The van der Waals surface area contributed by atoms with Crippen LogP contribution in [0, 0.1) is 46.5 Å². The standard InChI is InChI=1S/C41H34ClIN4O5S/c1-19-6-5-7-26(35(19)48)34-24-13-14-25-33(39(51)46(37(25)49)23-11-9-22(43)10-12-23)28(24)17-29-38(50)47(40(52)41(29,34)3)32-18-30(44-45(32)4)36-20(2)27-16-21(42)8-15-31(27)53-36/h5-13,15-16,18,25,28-29,33-34,48H,14,17H2,1-4H3. The average molecular weight is 857 g/mol. The zero-order valence-electron chi connectivity index (χ0n) is 29.3. The highest BCUT2D eigenvalue weighted by atomic mass is 127. The number of halogens is 2. The Kier molecular flexibility index (Phi) is 7.86. The van der Waals surface area contributed by atoms with E-state index in [1.165, 1.54) is 9.80 Å². The Labute approximate surface area is 328 Å². The Morgan fingerprint density at radius 3 is 2.45 bits per heavy atom. The van der Waals surface area contributed by atoms with E-state index in [1.807, 2.05) is 62.4 Å². The molecule has 9 rings (SSSR count). The van der Waals surface area contributed by atoms with Crippen molar-refractivity contribution in [1.82, 2.24) is 9.78 Å². The maximum Gasteiger partial charge on any atom is 0.242 e. The first-order chi connectivity index (χ1) is 25.3. The van der Waals surface area contributed by atoms with Gasteiger partial charge in [-0.15, -0.1) is 11.3 Å². The smallest absolute Gasteiger partial charge is 0.242 e. The van der Waals surface area contributed by atoms with E-state index in [1.54, 1.807) is 54.3 Å². The fraction of sp³-hybridized carbons (Fsp3) is 0.293. The van der Waals surface area contributed by atoms with Gasteiger partial charge in [-0.2, -0.15) is 5.10 Å². The number of anilines is 2. The first kappa shape index (κ1) is 34.4. The Morgan fingerprint density at radius 1 is 0.943 bits per heavy atom. The van der Waals surface area contributed by atoms with E-state index in [2.05, 4.69) is 22.6 Å². The number of thiophene rings is 1. The molecule has 2 aromatic heterocycles. The van der Waals surface area contributed by atoms with Gasteiger partial charge in [0, 0.05) is 37.9 Å². The van der Waals surface area contributed by atoms with Crippen molar-refractivity contribution in [2.75, 3.05) is 9.80 Å². The van der Waals surface area contributed by atoms with Gasteiger partial charge in [-0.3, -0.25) is 28.8 Å². The molecule has 268 valence electrons. The third-order valence-corrected chi connectivity index (χ3v) is 14.4. The maximum absolute atomic E-state index is 15.1. The number of aryl methyl sites for hydroxylation is 3. The van der Waals surface area contributed by atoms with E-state index < -0.39 is 35.0 Å². The number of phenolic OH excluding ortho intramolecular Hbond substituents is 1. The third-order valence-electron chi connectivity index (χ3n) is 12.2. The van der Waals surface area contributed by atoms with Crippen LogP contribution in [0.1, 0.15) is 42.4 Å². The second-order valence-corrected chi connectivity index (χ2v) is 17.6. The summed E-state index contributed by atoms with van der Waals surface area (Å²) in [5.74, 6) is -4.24. The zero-order valence-corrected chi connectivity index (χ0v) is 33.0. The number of aromatic hydroxyl groups is 1. The number of hydrogen-bond donors (Lipinski definition) is 1. The molecule has 2 aliphatic heterocycles. The molecule has 4 amide bonds. The fourth-order valence-corrected chi connectivity index (χ4v) is 11.2. The van der Waals surface area contributed by atoms with E-state index in [4.69, 9.17) is 16.7 Å². The van der Waals surface area contributed by atoms with Gasteiger partial charge in [-0.05, 0) is 121 Å².